The van der Waals surface area contributed by atoms with Crippen LogP contribution in [0.2, 0.25) is 5.02 Å². The Morgan fingerprint density at radius 3 is 2.69 bits per heavy atom. The van der Waals surface area contributed by atoms with Gasteiger partial charge in [-0.25, -0.2) is 9.49 Å². The number of alkyl halides is 1. The van der Waals surface area contributed by atoms with Gasteiger partial charge in [-0.1, -0.05) is 35.9 Å². The van der Waals surface area contributed by atoms with Crippen molar-refractivity contribution in [1.29, 1.82) is 0 Å². The van der Waals surface area contributed by atoms with E-state index in [-0.39, 0.29) is 11.5 Å². The highest BCUT2D eigenvalue weighted by Gasteiger charge is 2.12. The third kappa shape index (κ3) is 5.40. The second-order valence-corrected chi connectivity index (χ2v) is 6.99. The van der Waals surface area contributed by atoms with Gasteiger partial charge in [0.05, 0.1) is 21.8 Å². The average molecular weight is 417 g/mol. The Morgan fingerprint density at radius 2 is 1.90 bits per heavy atom. The molecule has 2 aromatic carbocycles. The van der Waals surface area contributed by atoms with Crippen molar-refractivity contribution in [3.8, 4) is 11.3 Å². The number of hydrogen-bond donors (Lipinski definition) is 3. The van der Waals surface area contributed by atoms with Crippen LogP contribution in [0.25, 0.3) is 22.0 Å². The number of carbonyl (C=O) groups excluding carboxylic acids is 1. The number of rotatable bonds is 9. The third-order valence-electron chi connectivity index (χ3n) is 4.49. The predicted molar refractivity (Wildman–Crippen MR) is 114 cm³/mol. The average Bonchev–Trinajstić information content (AvgIpc) is 2.73. The Bertz CT molecular complexity index is 1050. The Morgan fingerprint density at radius 1 is 1.10 bits per heavy atom. The normalized spacial score (nSPS) is 11.0. The molecule has 0 unspecified atom stereocenters. The molecule has 0 aliphatic heterocycles. The summed E-state index contributed by atoms with van der Waals surface area (Å²) in [5.41, 5.74) is 1.56. The lowest BCUT2D eigenvalue weighted by molar-refractivity contribution is -0.116. The Balaban J connectivity index is 1.73. The number of fused-ring (bicyclic) bond motifs is 1. The summed E-state index contributed by atoms with van der Waals surface area (Å²) in [6.07, 6.45) is 1.82. The maximum Gasteiger partial charge on any atom is 0.272 e. The minimum atomic E-state index is -0.394. The number of halogens is 2. The van der Waals surface area contributed by atoms with Crippen molar-refractivity contribution in [3.63, 3.8) is 0 Å². The lowest BCUT2D eigenvalue weighted by atomic mass is 10.0. The number of amides is 1. The first-order valence-electron chi connectivity index (χ1n) is 9.44. The van der Waals surface area contributed by atoms with E-state index in [0.717, 1.165) is 17.4 Å². The van der Waals surface area contributed by atoms with E-state index in [1.807, 2.05) is 12.1 Å². The van der Waals surface area contributed by atoms with Crippen molar-refractivity contribution < 1.29 is 9.18 Å². The summed E-state index contributed by atoms with van der Waals surface area (Å²) in [6, 6.07) is 12.4. The van der Waals surface area contributed by atoms with Gasteiger partial charge in [-0.15, -0.1) is 0 Å². The van der Waals surface area contributed by atoms with Crippen LogP contribution >= 0.6 is 11.6 Å². The van der Waals surface area contributed by atoms with Gasteiger partial charge in [0.15, 0.2) is 0 Å². The number of unbranched alkanes of at least 4 members (excludes halogenated alkanes) is 1. The van der Waals surface area contributed by atoms with Gasteiger partial charge in [-0.2, -0.15) is 5.10 Å². The number of hydrogen-bond acceptors (Lipinski definition) is 4. The zero-order chi connectivity index (χ0) is 20.6. The minimum Gasteiger partial charge on any atom is -0.325 e. The Labute approximate surface area is 172 Å². The zero-order valence-corrected chi connectivity index (χ0v) is 16.6. The summed E-state index contributed by atoms with van der Waals surface area (Å²) in [7, 11) is 0. The fourth-order valence-electron chi connectivity index (χ4n) is 3.04. The summed E-state index contributed by atoms with van der Waals surface area (Å²) in [6.45, 7) is 0.620. The molecule has 0 radical (unpaired) electrons. The molecule has 29 heavy (non-hydrogen) atoms. The van der Waals surface area contributed by atoms with Crippen LogP contribution in [-0.2, 0) is 4.79 Å². The number of carbonyl (C=O) groups is 1. The van der Waals surface area contributed by atoms with Gasteiger partial charge < -0.3 is 10.6 Å². The van der Waals surface area contributed by atoms with Gasteiger partial charge in [0.25, 0.3) is 5.56 Å². The summed E-state index contributed by atoms with van der Waals surface area (Å²) in [5.74, 6) is -0.145. The minimum absolute atomic E-state index is 0.145. The molecule has 1 amide bonds. The second-order valence-electron chi connectivity index (χ2n) is 6.59. The summed E-state index contributed by atoms with van der Waals surface area (Å²) >= 11 is 6.25. The van der Waals surface area contributed by atoms with Crippen molar-refractivity contribution in [3.05, 3.63) is 57.8 Å². The molecule has 1 aromatic heterocycles. The quantitative estimate of drug-likeness (QED) is 0.461. The lowest BCUT2D eigenvalue weighted by Crippen LogP contribution is -2.18. The van der Waals surface area contributed by atoms with Gasteiger partial charge in [-0.3, -0.25) is 9.59 Å². The fraction of sp³-hybridized carbons (Fsp3) is 0.286. The first-order valence-corrected chi connectivity index (χ1v) is 9.82. The van der Waals surface area contributed by atoms with Crippen LogP contribution in [0.3, 0.4) is 0 Å². The number of H-pyrrole nitrogens is 1. The predicted octanol–water partition coefficient (Wildman–Crippen LogP) is 3.91. The number of nitrogens with zero attached hydrogens (tertiary/aromatic N) is 1. The van der Waals surface area contributed by atoms with E-state index >= 15 is 0 Å². The van der Waals surface area contributed by atoms with Crippen molar-refractivity contribution >= 4 is 34.0 Å². The maximum atomic E-state index is 12.2. The van der Waals surface area contributed by atoms with Crippen molar-refractivity contribution in [2.24, 2.45) is 0 Å². The van der Waals surface area contributed by atoms with Crippen molar-refractivity contribution in [2.75, 3.05) is 25.1 Å². The van der Waals surface area contributed by atoms with Crippen LogP contribution in [0.5, 0.6) is 0 Å². The molecular weight excluding hydrogens is 395 g/mol. The first-order chi connectivity index (χ1) is 14.1. The van der Waals surface area contributed by atoms with Gasteiger partial charge in [-0.05, 0) is 37.6 Å². The largest absolute Gasteiger partial charge is 0.325 e. The molecule has 0 aliphatic rings. The second kappa shape index (κ2) is 10.1. The summed E-state index contributed by atoms with van der Waals surface area (Å²) in [4.78, 5) is 24.2. The molecule has 0 aliphatic carbocycles. The molecule has 152 valence electrons. The van der Waals surface area contributed by atoms with Gasteiger partial charge >= 0.3 is 0 Å². The lowest BCUT2D eigenvalue weighted by Gasteiger charge is -2.11. The SMILES string of the molecule is O=C(CCCCNCCF)Nc1cc(-c2n[nH]c(=O)c3ccccc23)ccc1Cl. The van der Waals surface area contributed by atoms with Crippen molar-refractivity contribution in [2.45, 2.75) is 19.3 Å². The van der Waals surface area contributed by atoms with Crippen LogP contribution in [0, 0.1) is 0 Å². The molecule has 3 N–H and O–H groups in total. The monoisotopic (exact) mass is 416 g/mol. The van der Waals surface area contributed by atoms with E-state index in [9.17, 15) is 14.0 Å². The number of aromatic nitrogens is 2. The number of benzene rings is 2. The van der Waals surface area contributed by atoms with E-state index in [1.165, 1.54) is 0 Å². The highest BCUT2D eigenvalue weighted by atomic mass is 35.5. The van der Waals surface area contributed by atoms with Crippen LogP contribution in [0.4, 0.5) is 10.1 Å². The molecule has 0 saturated heterocycles. The smallest absolute Gasteiger partial charge is 0.272 e. The number of aromatic amines is 1. The maximum absolute atomic E-state index is 12.2. The molecule has 6 nitrogen and oxygen atoms in total. The molecule has 0 fully saturated rings. The topological polar surface area (TPSA) is 86.9 Å². The van der Waals surface area contributed by atoms with E-state index < -0.39 is 6.67 Å². The number of anilines is 1. The van der Waals surface area contributed by atoms with Crippen LogP contribution in [0.15, 0.2) is 47.3 Å². The molecule has 0 spiro atoms. The molecule has 8 heteroatoms. The van der Waals surface area contributed by atoms with E-state index in [2.05, 4.69) is 20.8 Å². The molecule has 0 saturated carbocycles. The molecular formula is C21H22ClFN4O2. The van der Waals surface area contributed by atoms with E-state index in [4.69, 9.17) is 11.6 Å². The van der Waals surface area contributed by atoms with Crippen LogP contribution in [-0.4, -0.2) is 35.9 Å². The molecule has 3 aromatic rings. The number of nitrogens with one attached hydrogen (secondary N) is 3. The van der Waals surface area contributed by atoms with Crippen LogP contribution < -0.4 is 16.2 Å². The Kier molecular flexibility index (Phi) is 7.32. The molecule has 1 heterocycles. The van der Waals surface area contributed by atoms with Gasteiger partial charge in [0, 0.05) is 23.9 Å². The van der Waals surface area contributed by atoms with Gasteiger partial charge in [0.1, 0.15) is 6.67 Å². The molecule has 3 rings (SSSR count). The highest BCUT2D eigenvalue weighted by Crippen LogP contribution is 2.30. The Hall–Kier alpha value is -2.77. The highest BCUT2D eigenvalue weighted by molar-refractivity contribution is 6.33. The van der Waals surface area contributed by atoms with Crippen molar-refractivity contribution in [1.82, 2.24) is 15.5 Å². The fourth-order valence-corrected chi connectivity index (χ4v) is 3.21. The van der Waals surface area contributed by atoms with E-state index in [1.54, 1.807) is 30.3 Å². The standard InChI is InChI=1S/C21H22ClFN4O2/c22-17-9-8-14(20-15-5-1-2-6-16(15)21(29)27-26-20)13-18(17)25-19(28)7-3-4-11-24-12-10-23/h1-2,5-6,8-9,13,24H,3-4,7,10-12H2,(H,25,28)(H,27,29). The van der Waals surface area contributed by atoms with E-state index in [0.29, 0.717) is 47.7 Å². The van der Waals surface area contributed by atoms with Gasteiger partial charge in [0.2, 0.25) is 5.91 Å². The first kappa shape index (κ1) is 21.0. The zero-order valence-electron chi connectivity index (χ0n) is 15.8. The molecule has 0 bridgehead atoms. The summed E-state index contributed by atoms with van der Waals surface area (Å²) < 4.78 is 12.0. The van der Waals surface area contributed by atoms with Crippen LogP contribution in [0.1, 0.15) is 19.3 Å². The summed E-state index contributed by atoms with van der Waals surface area (Å²) in [5, 5.41) is 14.2. The molecule has 0 atom stereocenters. The third-order valence-corrected chi connectivity index (χ3v) is 4.82.